The van der Waals surface area contributed by atoms with Crippen LogP contribution in [0.2, 0.25) is 0 Å². The fourth-order valence-electron chi connectivity index (χ4n) is 8.90. The van der Waals surface area contributed by atoms with Gasteiger partial charge in [-0.05, 0) is 141 Å². The van der Waals surface area contributed by atoms with Gasteiger partial charge in [0, 0.05) is 25.7 Å². The van der Waals surface area contributed by atoms with Gasteiger partial charge in [0.15, 0.2) is 12.2 Å². The van der Waals surface area contributed by atoms with Crippen molar-refractivity contribution in [2.45, 2.75) is 277 Å². The van der Waals surface area contributed by atoms with Gasteiger partial charge in [-0.25, -0.2) is 9.13 Å². The second-order valence-electron chi connectivity index (χ2n) is 23.4. The van der Waals surface area contributed by atoms with Crippen LogP contribution in [0.1, 0.15) is 259 Å². The topological polar surface area (TPSA) is 237 Å². The van der Waals surface area contributed by atoms with Crippen molar-refractivity contribution < 1.29 is 80.2 Å². The number of aliphatic hydroxyl groups excluding tert-OH is 1. The summed E-state index contributed by atoms with van der Waals surface area (Å²) in [5.41, 5.74) is 0. The van der Waals surface area contributed by atoms with Gasteiger partial charge in [0.05, 0.1) is 26.4 Å². The SMILES string of the molecule is CC/C=C\C/C=C\C/C=C\C/C=C\CCCCC(=O)OCC(COP(=O)(O)OCC(O)COP(=O)(O)OCC(COC(=O)CCCC/C=C\C/C=C\C/C=C\C/C=C\CC)OC(=O)CCCCCCCCCCCCC)OC(=O)CCCC/C=C\C/C=C\C/C=C\C/C=C\CC. The third-order valence-electron chi connectivity index (χ3n) is 14.3. The third kappa shape index (κ3) is 67.5. The standard InChI is InChI=1S/C77H126O17P2/c1-5-9-13-17-21-25-29-32-35-38-42-45-49-53-57-61-74(79)87-67-72(93-76(81)63-59-55-51-47-41-28-24-20-16-12-8-4)69-91-95(83,84)89-65-71(78)66-90-96(85,86)92-70-73(94-77(82)64-60-56-52-48-44-40-37-34-31-27-23-19-15-11-7-3)68-88-75(80)62-58-54-50-46-43-39-36-33-30-26-22-18-14-10-6-2/h9-11,13-15,21-23,25-27,32-37,42-46,48,71-73,78H,5-8,12,16-20,24,28-31,38-41,47,49-70H2,1-4H3,(H,83,84)(H,85,86)/b13-9-,14-10-,15-11-,25-21-,26-22-,27-23-,35-32-,36-33-,37-34-,45-42-,46-43-,48-44-. The Labute approximate surface area is 579 Å². The lowest BCUT2D eigenvalue weighted by Crippen LogP contribution is -2.30. The number of phosphoric acid groups is 2. The van der Waals surface area contributed by atoms with Crippen LogP contribution in [0.4, 0.5) is 0 Å². The Kier molecular flexibility index (Phi) is 64.9. The van der Waals surface area contributed by atoms with E-state index in [0.29, 0.717) is 32.1 Å². The van der Waals surface area contributed by atoms with E-state index in [0.717, 1.165) is 135 Å². The van der Waals surface area contributed by atoms with Gasteiger partial charge < -0.3 is 33.8 Å². The molecular formula is C77H126O17P2. The highest BCUT2D eigenvalue weighted by Gasteiger charge is 2.30. The van der Waals surface area contributed by atoms with E-state index in [1.807, 2.05) is 0 Å². The maximum Gasteiger partial charge on any atom is 0.472 e. The second-order valence-corrected chi connectivity index (χ2v) is 26.3. The smallest absolute Gasteiger partial charge is 0.462 e. The molecule has 0 bridgehead atoms. The van der Waals surface area contributed by atoms with Crippen molar-refractivity contribution in [3.8, 4) is 0 Å². The molecule has 0 amide bonds. The summed E-state index contributed by atoms with van der Waals surface area (Å²) in [6.45, 7) is 4.34. The van der Waals surface area contributed by atoms with Crippen LogP contribution in [-0.4, -0.2) is 96.7 Å². The van der Waals surface area contributed by atoms with Crippen molar-refractivity contribution in [2.24, 2.45) is 0 Å². The highest BCUT2D eigenvalue weighted by molar-refractivity contribution is 7.47. The molecular weight excluding hydrogens is 1260 g/mol. The zero-order chi connectivity index (χ0) is 70.4. The van der Waals surface area contributed by atoms with Gasteiger partial charge in [-0.1, -0.05) is 238 Å². The minimum Gasteiger partial charge on any atom is -0.462 e. The summed E-state index contributed by atoms with van der Waals surface area (Å²) in [4.78, 5) is 72.6. The Balaban J connectivity index is 5.45. The molecule has 0 aliphatic carbocycles. The maximum atomic E-state index is 13.0. The number of carbonyl (C=O) groups is 4. The van der Waals surface area contributed by atoms with Crippen molar-refractivity contribution >= 4 is 39.5 Å². The molecule has 0 aliphatic rings. The van der Waals surface area contributed by atoms with Crippen molar-refractivity contribution in [1.29, 1.82) is 0 Å². The van der Waals surface area contributed by atoms with Gasteiger partial charge in [-0.2, -0.15) is 0 Å². The van der Waals surface area contributed by atoms with E-state index >= 15 is 0 Å². The van der Waals surface area contributed by atoms with Crippen molar-refractivity contribution in [1.82, 2.24) is 0 Å². The first-order chi connectivity index (χ1) is 46.7. The molecule has 96 heavy (non-hydrogen) atoms. The Morgan fingerprint density at radius 2 is 0.542 bits per heavy atom. The summed E-state index contributed by atoms with van der Waals surface area (Å²) >= 11 is 0. The van der Waals surface area contributed by atoms with Crippen molar-refractivity contribution in [3.05, 3.63) is 146 Å². The molecule has 0 aromatic heterocycles. The van der Waals surface area contributed by atoms with Gasteiger partial charge in [0.25, 0.3) is 0 Å². The second kappa shape index (κ2) is 68.5. The number of aliphatic hydroxyl groups is 1. The number of rotatable bonds is 66. The number of phosphoric ester groups is 2. The van der Waals surface area contributed by atoms with Crippen molar-refractivity contribution in [3.63, 3.8) is 0 Å². The Morgan fingerprint density at radius 3 is 0.833 bits per heavy atom. The van der Waals surface area contributed by atoms with E-state index in [1.54, 1.807) is 0 Å². The van der Waals surface area contributed by atoms with Crippen LogP contribution in [0.25, 0.3) is 0 Å². The predicted octanol–water partition coefficient (Wildman–Crippen LogP) is 20.3. The normalized spacial score (nSPS) is 14.9. The summed E-state index contributed by atoms with van der Waals surface area (Å²) in [5, 5.41) is 10.6. The van der Waals surface area contributed by atoms with Gasteiger partial charge in [0.1, 0.15) is 19.3 Å². The number of esters is 4. The van der Waals surface area contributed by atoms with Crippen molar-refractivity contribution in [2.75, 3.05) is 39.6 Å². The van der Waals surface area contributed by atoms with Crippen LogP contribution in [0.3, 0.4) is 0 Å². The van der Waals surface area contributed by atoms with E-state index in [-0.39, 0.29) is 25.7 Å². The van der Waals surface area contributed by atoms with E-state index in [1.165, 1.54) is 38.5 Å². The molecule has 0 radical (unpaired) electrons. The van der Waals surface area contributed by atoms with Crippen LogP contribution in [0.5, 0.6) is 0 Å². The molecule has 546 valence electrons. The Hall–Kier alpha value is -5.06. The van der Waals surface area contributed by atoms with Crippen LogP contribution >= 0.6 is 15.6 Å². The van der Waals surface area contributed by atoms with E-state index in [4.69, 9.17) is 37.0 Å². The van der Waals surface area contributed by atoms with Crippen LogP contribution in [0, 0.1) is 0 Å². The lowest BCUT2D eigenvalue weighted by Gasteiger charge is -2.21. The lowest BCUT2D eigenvalue weighted by molar-refractivity contribution is -0.161. The maximum absolute atomic E-state index is 13.0. The number of unbranched alkanes of at least 4 members (excludes halogenated alkanes) is 16. The monoisotopic (exact) mass is 1380 g/mol. The fourth-order valence-corrected chi connectivity index (χ4v) is 10.5. The molecule has 19 heteroatoms. The fraction of sp³-hybridized carbons (Fsp3) is 0.636. The average molecular weight is 1390 g/mol. The zero-order valence-electron chi connectivity index (χ0n) is 59.2. The number of allylic oxidation sites excluding steroid dienone is 24. The highest BCUT2D eigenvalue weighted by atomic mass is 31.2. The molecule has 0 spiro atoms. The molecule has 5 atom stereocenters. The largest absolute Gasteiger partial charge is 0.472 e. The molecule has 0 heterocycles. The summed E-state index contributed by atoms with van der Waals surface area (Å²) in [6, 6.07) is 0. The van der Waals surface area contributed by atoms with E-state index in [2.05, 4.69) is 174 Å². The summed E-state index contributed by atoms with van der Waals surface area (Å²) in [6.07, 6.45) is 75.9. The molecule has 0 aromatic carbocycles. The van der Waals surface area contributed by atoms with Gasteiger partial charge in [-0.3, -0.25) is 37.3 Å². The minimum atomic E-state index is -5.00. The molecule has 17 nitrogen and oxygen atoms in total. The zero-order valence-corrected chi connectivity index (χ0v) is 61.0. The number of hydrogen-bond donors (Lipinski definition) is 3. The quantitative estimate of drug-likeness (QED) is 0.0169. The first-order valence-corrected chi connectivity index (χ1v) is 39.1. The highest BCUT2D eigenvalue weighted by Crippen LogP contribution is 2.45. The lowest BCUT2D eigenvalue weighted by atomic mass is 10.1. The van der Waals surface area contributed by atoms with E-state index < -0.39 is 97.5 Å². The first kappa shape index (κ1) is 90.9. The summed E-state index contributed by atoms with van der Waals surface area (Å²) < 4.78 is 68.2. The molecule has 0 aliphatic heterocycles. The molecule has 5 unspecified atom stereocenters. The summed E-state index contributed by atoms with van der Waals surface area (Å²) in [5.74, 6) is -2.33. The van der Waals surface area contributed by atoms with Gasteiger partial charge in [-0.15, -0.1) is 0 Å². The molecule has 0 fully saturated rings. The number of carbonyl (C=O) groups excluding carboxylic acids is 4. The molecule has 0 saturated carbocycles. The van der Waals surface area contributed by atoms with E-state index in [9.17, 15) is 43.2 Å². The van der Waals surface area contributed by atoms with Gasteiger partial charge >= 0.3 is 39.5 Å². The van der Waals surface area contributed by atoms with Crippen LogP contribution in [-0.2, 0) is 65.4 Å². The van der Waals surface area contributed by atoms with Crippen LogP contribution < -0.4 is 0 Å². The Bertz CT molecular complexity index is 2400. The minimum absolute atomic E-state index is 0.0283. The molecule has 0 aromatic rings. The summed E-state index contributed by atoms with van der Waals surface area (Å²) in [7, 11) is -9.98. The predicted molar refractivity (Wildman–Crippen MR) is 390 cm³/mol. The van der Waals surface area contributed by atoms with Crippen LogP contribution in [0.15, 0.2) is 146 Å². The molecule has 0 rings (SSSR count). The Morgan fingerprint density at radius 1 is 0.302 bits per heavy atom. The number of hydrogen-bond acceptors (Lipinski definition) is 15. The number of ether oxygens (including phenoxy) is 4. The molecule has 3 N–H and O–H groups in total. The molecule has 0 saturated heterocycles. The van der Waals surface area contributed by atoms with Gasteiger partial charge in [0.2, 0.25) is 0 Å². The average Bonchev–Trinajstić information content (AvgIpc) is 1.09. The third-order valence-corrected chi connectivity index (χ3v) is 16.2. The first-order valence-electron chi connectivity index (χ1n) is 36.1.